The van der Waals surface area contributed by atoms with Crippen LogP contribution < -0.4 is 5.73 Å². The molecule has 1 aromatic heterocycles. The molecule has 2 aromatic rings. The van der Waals surface area contributed by atoms with Gasteiger partial charge in [-0.25, -0.2) is 0 Å². The second-order valence-electron chi connectivity index (χ2n) is 4.29. The van der Waals surface area contributed by atoms with Crippen LogP contribution in [-0.2, 0) is 6.42 Å². The highest BCUT2D eigenvalue weighted by Gasteiger charge is 2.15. The summed E-state index contributed by atoms with van der Waals surface area (Å²) in [5, 5.41) is 6.49. The zero-order valence-electron chi connectivity index (χ0n) is 11.2. The van der Waals surface area contributed by atoms with E-state index in [1.165, 1.54) is 5.56 Å². The van der Waals surface area contributed by atoms with Crippen LogP contribution in [0.3, 0.4) is 0 Å². The van der Waals surface area contributed by atoms with Gasteiger partial charge in [0, 0.05) is 25.8 Å². The molecule has 0 fully saturated rings. The summed E-state index contributed by atoms with van der Waals surface area (Å²) in [4.78, 5) is 14.0. The average molecular weight is 295 g/mol. The maximum Gasteiger partial charge on any atom is 0.271 e. The van der Waals surface area contributed by atoms with E-state index in [0.29, 0.717) is 25.3 Å². The van der Waals surface area contributed by atoms with Crippen LogP contribution in [0.5, 0.6) is 0 Å². The van der Waals surface area contributed by atoms with Crippen LogP contribution in [0.15, 0.2) is 42.6 Å². The summed E-state index contributed by atoms with van der Waals surface area (Å²) in [5.74, 6) is -0.0566. The van der Waals surface area contributed by atoms with Crippen molar-refractivity contribution in [1.29, 1.82) is 0 Å². The van der Waals surface area contributed by atoms with Gasteiger partial charge >= 0.3 is 0 Å². The summed E-state index contributed by atoms with van der Waals surface area (Å²) in [5.41, 5.74) is 7.28. The number of aromatic nitrogens is 2. The summed E-state index contributed by atoms with van der Waals surface area (Å²) in [6.45, 7) is 1.65. The highest BCUT2D eigenvalue weighted by atomic mass is 35.5. The van der Waals surface area contributed by atoms with E-state index in [1.54, 1.807) is 17.2 Å². The maximum absolute atomic E-state index is 12.2. The Morgan fingerprint density at radius 3 is 2.55 bits per heavy atom. The smallest absolute Gasteiger partial charge is 0.271 e. The summed E-state index contributed by atoms with van der Waals surface area (Å²) >= 11 is 0. The standard InChI is InChI=1S/C14H18N4O.ClH/c15-8-11-18(14(19)13-6-9-16-17-13)10-7-12-4-2-1-3-5-12;/h1-6,9H,7-8,10-11,15H2,(H,16,17);1H. The number of hydrogen-bond acceptors (Lipinski definition) is 3. The fourth-order valence-corrected chi connectivity index (χ4v) is 1.92. The topological polar surface area (TPSA) is 75.0 Å². The molecule has 0 spiro atoms. The number of H-pyrrole nitrogens is 1. The molecule has 0 unspecified atom stereocenters. The van der Waals surface area contributed by atoms with Crippen LogP contribution in [0.1, 0.15) is 16.1 Å². The lowest BCUT2D eigenvalue weighted by Gasteiger charge is -2.21. The lowest BCUT2D eigenvalue weighted by atomic mass is 10.1. The number of carbonyl (C=O) groups is 1. The maximum atomic E-state index is 12.2. The predicted octanol–water partition coefficient (Wildman–Crippen LogP) is 1.48. The highest BCUT2D eigenvalue weighted by molar-refractivity contribution is 5.92. The first-order valence-electron chi connectivity index (χ1n) is 6.34. The zero-order chi connectivity index (χ0) is 13.5. The molecule has 0 bridgehead atoms. The molecule has 0 saturated carbocycles. The zero-order valence-corrected chi connectivity index (χ0v) is 12.0. The van der Waals surface area contributed by atoms with Crippen molar-refractivity contribution in [3.05, 3.63) is 53.9 Å². The highest BCUT2D eigenvalue weighted by Crippen LogP contribution is 2.05. The van der Waals surface area contributed by atoms with Gasteiger partial charge in [-0.15, -0.1) is 12.4 Å². The van der Waals surface area contributed by atoms with E-state index >= 15 is 0 Å². The summed E-state index contributed by atoms with van der Waals surface area (Å²) in [7, 11) is 0. The molecular formula is C14H19ClN4O. The third-order valence-corrected chi connectivity index (χ3v) is 2.93. The molecule has 0 radical (unpaired) electrons. The van der Waals surface area contributed by atoms with Gasteiger partial charge in [0.2, 0.25) is 0 Å². The van der Waals surface area contributed by atoms with Crippen LogP contribution in [0, 0.1) is 0 Å². The molecule has 0 saturated heterocycles. The molecule has 3 N–H and O–H groups in total. The van der Waals surface area contributed by atoms with Crippen LogP contribution in [0.4, 0.5) is 0 Å². The van der Waals surface area contributed by atoms with E-state index in [1.807, 2.05) is 18.2 Å². The average Bonchev–Trinajstić information content (AvgIpc) is 2.98. The van der Waals surface area contributed by atoms with E-state index in [4.69, 9.17) is 5.73 Å². The molecule has 5 nitrogen and oxygen atoms in total. The molecule has 6 heteroatoms. The largest absolute Gasteiger partial charge is 0.336 e. The molecule has 1 amide bonds. The molecule has 20 heavy (non-hydrogen) atoms. The first kappa shape index (κ1) is 16.2. The van der Waals surface area contributed by atoms with Crippen molar-refractivity contribution in [2.24, 2.45) is 5.73 Å². The molecule has 0 aliphatic rings. The number of nitrogens with one attached hydrogen (secondary N) is 1. The van der Waals surface area contributed by atoms with Crippen molar-refractivity contribution in [3.8, 4) is 0 Å². The monoisotopic (exact) mass is 294 g/mol. The molecule has 108 valence electrons. The summed E-state index contributed by atoms with van der Waals surface area (Å²) < 4.78 is 0. The molecule has 2 rings (SSSR count). The fraction of sp³-hybridized carbons (Fsp3) is 0.286. The van der Waals surface area contributed by atoms with E-state index in [0.717, 1.165) is 6.42 Å². The number of carbonyl (C=O) groups excluding carboxylic acids is 1. The van der Waals surface area contributed by atoms with E-state index in [-0.39, 0.29) is 18.3 Å². The Morgan fingerprint density at radius 1 is 1.20 bits per heavy atom. The Balaban J connectivity index is 0.00000200. The molecule has 1 heterocycles. The lowest BCUT2D eigenvalue weighted by molar-refractivity contribution is 0.0756. The summed E-state index contributed by atoms with van der Waals surface area (Å²) in [6.07, 6.45) is 2.39. The molecule has 1 aromatic carbocycles. The third kappa shape index (κ3) is 4.36. The Morgan fingerprint density at radius 2 is 1.95 bits per heavy atom. The Hall–Kier alpha value is -1.85. The molecule has 0 aliphatic heterocycles. The van der Waals surface area contributed by atoms with Crippen LogP contribution in [-0.4, -0.2) is 40.6 Å². The Kier molecular flexibility index (Phi) is 6.76. The minimum absolute atomic E-state index is 0. The van der Waals surface area contributed by atoms with Gasteiger partial charge in [-0.05, 0) is 18.1 Å². The number of aromatic amines is 1. The number of nitrogens with two attached hydrogens (primary N) is 1. The minimum atomic E-state index is -0.0566. The molecular weight excluding hydrogens is 276 g/mol. The van der Waals surface area contributed by atoms with Gasteiger partial charge in [0.1, 0.15) is 5.69 Å². The van der Waals surface area contributed by atoms with Gasteiger partial charge in [0.25, 0.3) is 5.91 Å². The number of amides is 1. The first-order valence-corrected chi connectivity index (χ1v) is 6.34. The first-order chi connectivity index (χ1) is 9.31. The van der Waals surface area contributed by atoms with Crippen molar-refractivity contribution in [2.45, 2.75) is 6.42 Å². The van der Waals surface area contributed by atoms with Crippen molar-refractivity contribution in [1.82, 2.24) is 15.1 Å². The van der Waals surface area contributed by atoms with Crippen LogP contribution >= 0.6 is 12.4 Å². The van der Waals surface area contributed by atoms with Gasteiger partial charge in [0.05, 0.1) is 0 Å². The van der Waals surface area contributed by atoms with Gasteiger partial charge in [-0.1, -0.05) is 30.3 Å². The van der Waals surface area contributed by atoms with Crippen molar-refractivity contribution in [3.63, 3.8) is 0 Å². The van der Waals surface area contributed by atoms with Gasteiger partial charge < -0.3 is 10.6 Å². The quantitative estimate of drug-likeness (QED) is 0.847. The van der Waals surface area contributed by atoms with Gasteiger partial charge in [0.15, 0.2) is 0 Å². The number of rotatable bonds is 6. The summed E-state index contributed by atoms with van der Waals surface area (Å²) in [6, 6.07) is 11.8. The SMILES string of the molecule is Cl.NCCN(CCc1ccccc1)C(=O)c1ccn[nH]1. The second-order valence-corrected chi connectivity index (χ2v) is 4.29. The van der Waals surface area contributed by atoms with Crippen LogP contribution in [0.25, 0.3) is 0 Å². The van der Waals surface area contributed by atoms with E-state index < -0.39 is 0 Å². The number of benzene rings is 1. The van der Waals surface area contributed by atoms with Gasteiger partial charge in [-0.2, -0.15) is 5.10 Å². The molecule has 0 atom stereocenters. The molecule has 0 aliphatic carbocycles. The third-order valence-electron chi connectivity index (χ3n) is 2.93. The second kappa shape index (κ2) is 8.35. The Labute approximate surface area is 124 Å². The fourth-order valence-electron chi connectivity index (χ4n) is 1.92. The minimum Gasteiger partial charge on any atom is -0.336 e. The van der Waals surface area contributed by atoms with Gasteiger partial charge in [-0.3, -0.25) is 9.89 Å². The number of nitrogens with zero attached hydrogens (tertiary/aromatic N) is 2. The van der Waals surface area contributed by atoms with Crippen molar-refractivity contribution >= 4 is 18.3 Å². The number of halogens is 1. The van der Waals surface area contributed by atoms with E-state index in [2.05, 4.69) is 22.3 Å². The van der Waals surface area contributed by atoms with Crippen LogP contribution in [0.2, 0.25) is 0 Å². The van der Waals surface area contributed by atoms with Crippen molar-refractivity contribution in [2.75, 3.05) is 19.6 Å². The normalized spacial score (nSPS) is 9.85. The Bertz CT molecular complexity index is 501. The number of hydrogen-bond donors (Lipinski definition) is 2. The lowest BCUT2D eigenvalue weighted by Crippen LogP contribution is -2.37. The van der Waals surface area contributed by atoms with Crippen molar-refractivity contribution < 1.29 is 4.79 Å². The predicted molar refractivity (Wildman–Crippen MR) is 80.9 cm³/mol. The van der Waals surface area contributed by atoms with E-state index in [9.17, 15) is 4.79 Å².